The van der Waals surface area contributed by atoms with Crippen LogP contribution in [-0.2, 0) is 18.4 Å². The fraction of sp³-hybridized carbons (Fsp3) is 0.550. The van der Waals surface area contributed by atoms with E-state index in [1.54, 1.807) is 0 Å². The fourth-order valence-electron chi connectivity index (χ4n) is 4.06. The van der Waals surface area contributed by atoms with Gasteiger partial charge in [-0.15, -0.1) is 0 Å². The Morgan fingerprint density at radius 2 is 2.10 bits per heavy atom. The Balaban J connectivity index is 1.43. The minimum absolute atomic E-state index is 0.0640. The molecular weight excluding hydrogens is 370 g/mol. The molecule has 0 bridgehead atoms. The van der Waals surface area contributed by atoms with Crippen molar-refractivity contribution < 1.29 is 9.53 Å². The zero-order chi connectivity index (χ0) is 20.1. The van der Waals surface area contributed by atoms with E-state index in [1.165, 1.54) is 6.33 Å². The molecule has 1 unspecified atom stereocenters. The highest BCUT2D eigenvalue weighted by Crippen LogP contribution is 2.33. The summed E-state index contributed by atoms with van der Waals surface area (Å²) < 4.78 is 10.1. The first-order valence-electron chi connectivity index (χ1n) is 10.2. The third-order valence-electron chi connectivity index (χ3n) is 5.93. The first-order chi connectivity index (χ1) is 14.1. The van der Waals surface area contributed by atoms with Gasteiger partial charge in [0.1, 0.15) is 18.3 Å². The molecule has 9 nitrogen and oxygen atoms in total. The molecule has 5 rings (SSSR count). The Morgan fingerprint density at radius 3 is 2.83 bits per heavy atom. The molecule has 1 amide bonds. The lowest BCUT2D eigenvalue weighted by Crippen LogP contribution is -2.32. The van der Waals surface area contributed by atoms with Crippen LogP contribution in [0, 0.1) is 12.8 Å². The molecule has 2 aliphatic rings. The van der Waals surface area contributed by atoms with Crippen molar-refractivity contribution in [3.05, 3.63) is 18.2 Å². The van der Waals surface area contributed by atoms with Crippen LogP contribution in [-0.4, -0.2) is 59.3 Å². The zero-order valence-electron chi connectivity index (χ0n) is 17.0. The number of carbonyl (C=O) groups excluding carboxylic acids is 1. The van der Waals surface area contributed by atoms with Crippen molar-refractivity contribution in [3.63, 3.8) is 0 Å². The van der Waals surface area contributed by atoms with Crippen molar-refractivity contribution in [1.82, 2.24) is 34.2 Å². The molecular formula is C20H25N7O2. The van der Waals surface area contributed by atoms with Crippen LogP contribution in [0.15, 0.2) is 12.5 Å². The normalized spacial score (nSPS) is 19.3. The summed E-state index contributed by atoms with van der Waals surface area (Å²) in [5.41, 5.74) is 3.39. The van der Waals surface area contributed by atoms with E-state index in [-0.39, 0.29) is 17.9 Å². The minimum atomic E-state index is -0.0640. The molecule has 2 fully saturated rings. The summed E-state index contributed by atoms with van der Waals surface area (Å²) >= 11 is 0. The summed E-state index contributed by atoms with van der Waals surface area (Å²) in [5, 5.41) is 4.43. The fourth-order valence-corrected chi connectivity index (χ4v) is 4.06. The van der Waals surface area contributed by atoms with E-state index >= 15 is 0 Å². The predicted molar refractivity (Wildman–Crippen MR) is 106 cm³/mol. The van der Waals surface area contributed by atoms with Crippen LogP contribution in [0.5, 0.6) is 5.88 Å². The Kier molecular flexibility index (Phi) is 4.25. The van der Waals surface area contributed by atoms with E-state index < -0.39 is 0 Å². The van der Waals surface area contributed by atoms with Crippen LogP contribution in [0.3, 0.4) is 0 Å². The van der Waals surface area contributed by atoms with Gasteiger partial charge in [-0.3, -0.25) is 9.48 Å². The molecule has 3 aromatic heterocycles. The van der Waals surface area contributed by atoms with Gasteiger partial charge in [0.2, 0.25) is 11.8 Å². The van der Waals surface area contributed by atoms with Crippen molar-refractivity contribution in [3.8, 4) is 17.3 Å². The van der Waals surface area contributed by atoms with Gasteiger partial charge in [0, 0.05) is 38.2 Å². The standard InChI is InChI=1S/C20H25N7O2/c1-4-27-12(2)15(9-23-27)17-24-16-18(25(17)3)21-11-22-19(16)29-14-7-8-26(10-14)20(28)13-5-6-13/h9,11,13-14H,4-8,10H2,1-3H3. The lowest BCUT2D eigenvalue weighted by Gasteiger charge is -2.16. The van der Waals surface area contributed by atoms with Gasteiger partial charge in [0.25, 0.3) is 0 Å². The number of amides is 1. The van der Waals surface area contributed by atoms with E-state index in [9.17, 15) is 4.79 Å². The first-order valence-corrected chi connectivity index (χ1v) is 10.2. The molecule has 29 heavy (non-hydrogen) atoms. The molecule has 9 heteroatoms. The second kappa shape index (κ2) is 6.82. The number of aryl methyl sites for hydroxylation is 2. The van der Waals surface area contributed by atoms with Gasteiger partial charge in [-0.05, 0) is 26.7 Å². The monoisotopic (exact) mass is 395 g/mol. The first kappa shape index (κ1) is 18.1. The molecule has 1 aliphatic carbocycles. The molecule has 1 saturated heterocycles. The molecule has 1 saturated carbocycles. The minimum Gasteiger partial charge on any atom is -0.471 e. The van der Waals surface area contributed by atoms with Crippen molar-refractivity contribution in [2.45, 2.75) is 45.8 Å². The highest BCUT2D eigenvalue weighted by atomic mass is 16.5. The average molecular weight is 395 g/mol. The van der Waals surface area contributed by atoms with Crippen molar-refractivity contribution in [2.75, 3.05) is 13.1 Å². The number of hydrogen-bond acceptors (Lipinski definition) is 6. The number of ether oxygens (including phenoxy) is 1. The smallest absolute Gasteiger partial charge is 0.245 e. The van der Waals surface area contributed by atoms with Crippen LogP contribution in [0.4, 0.5) is 0 Å². The third kappa shape index (κ3) is 3.04. The van der Waals surface area contributed by atoms with Gasteiger partial charge >= 0.3 is 0 Å². The maximum Gasteiger partial charge on any atom is 0.245 e. The van der Waals surface area contributed by atoms with Crippen LogP contribution in [0.25, 0.3) is 22.6 Å². The number of carbonyl (C=O) groups is 1. The summed E-state index contributed by atoms with van der Waals surface area (Å²) in [4.78, 5) is 27.8. The maximum atomic E-state index is 12.3. The van der Waals surface area contributed by atoms with Gasteiger partial charge in [-0.25, -0.2) is 9.97 Å². The van der Waals surface area contributed by atoms with E-state index in [4.69, 9.17) is 9.72 Å². The van der Waals surface area contributed by atoms with E-state index in [1.807, 2.05) is 34.3 Å². The Hall–Kier alpha value is -2.97. The molecule has 4 heterocycles. The summed E-state index contributed by atoms with van der Waals surface area (Å²) in [6.07, 6.45) is 6.15. The number of hydrogen-bond donors (Lipinski definition) is 0. The summed E-state index contributed by atoms with van der Waals surface area (Å²) in [7, 11) is 1.94. The largest absolute Gasteiger partial charge is 0.471 e. The molecule has 0 aromatic carbocycles. The number of aromatic nitrogens is 6. The molecule has 3 aromatic rings. The average Bonchev–Trinajstić information content (AvgIpc) is 3.23. The predicted octanol–water partition coefficient (Wildman–Crippen LogP) is 1.94. The number of imidazole rings is 1. The van der Waals surface area contributed by atoms with E-state index in [0.717, 1.165) is 55.1 Å². The lowest BCUT2D eigenvalue weighted by molar-refractivity contribution is -0.131. The molecule has 1 aliphatic heterocycles. The van der Waals surface area contributed by atoms with Crippen molar-refractivity contribution in [1.29, 1.82) is 0 Å². The van der Waals surface area contributed by atoms with Crippen LogP contribution < -0.4 is 4.74 Å². The van der Waals surface area contributed by atoms with Gasteiger partial charge in [0.05, 0.1) is 18.3 Å². The highest BCUT2D eigenvalue weighted by molar-refractivity contribution is 5.82. The number of rotatable bonds is 5. The lowest BCUT2D eigenvalue weighted by atomic mass is 10.2. The summed E-state index contributed by atoms with van der Waals surface area (Å²) in [6, 6.07) is 0. The van der Waals surface area contributed by atoms with Crippen LogP contribution in [0.2, 0.25) is 0 Å². The van der Waals surface area contributed by atoms with Crippen LogP contribution >= 0.6 is 0 Å². The van der Waals surface area contributed by atoms with E-state index in [2.05, 4.69) is 22.0 Å². The molecule has 1 atom stereocenters. The quantitative estimate of drug-likeness (QED) is 0.656. The SMILES string of the molecule is CCn1ncc(-c2nc3c(OC4CCN(C(=O)C5CC5)C4)ncnc3n2C)c1C. The summed E-state index contributed by atoms with van der Waals surface area (Å²) in [5.74, 6) is 1.78. The molecule has 0 N–H and O–H groups in total. The Bertz CT molecular complexity index is 1080. The third-order valence-corrected chi connectivity index (χ3v) is 5.93. The zero-order valence-corrected chi connectivity index (χ0v) is 17.0. The van der Waals surface area contributed by atoms with Crippen LogP contribution in [0.1, 0.15) is 31.9 Å². The van der Waals surface area contributed by atoms with Crippen molar-refractivity contribution in [2.24, 2.45) is 13.0 Å². The maximum absolute atomic E-state index is 12.3. The number of nitrogens with zero attached hydrogens (tertiary/aromatic N) is 7. The molecule has 0 spiro atoms. The Morgan fingerprint density at radius 1 is 1.28 bits per heavy atom. The van der Waals surface area contributed by atoms with E-state index in [0.29, 0.717) is 17.9 Å². The van der Waals surface area contributed by atoms with Crippen molar-refractivity contribution >= 4 is 17.1 Å². The van der Waals surface area contributed by atoms with Gasteiger partial charge in [-0.2, -0.15) is 10.1 Å². The van der Waals surface area contributed by atoms with Gasteiger partial charge < -0.3 is 14.2 Å². The number of likely N-dealkylation sites (tertiary alicyclic amines) is 1. The Labute approximate surface area is 168 Å². The van der Waals surface area contributed by atoms with Gasteiger partial charge in [0.15, 0.2) is 11.2 Å². The number of fused-ring (bicyclic) bond motifs is 1. The second-order valence-corrected chi connectivity index (χ2v) is 7.89. The molecule has 152 valence electrons. The molecule has 0 radical (unpaired) electrons. The topological polar surface area (TPSA) is 91.0 Å². The second-order valence-electron chi connectivity index (χ2n) is 7.89. The summed E-state index contributed by atoms with van der Waals surface area (Å²) in [6.45, 7) is 6.27. The van der Waals surface area contributed by atoms with Gasteiger partial charge in [-0.1, -0.05) is 0 Å². The highest BCUT2D eigenvalue weighted by Gasteiger charge is 2.37.